The molecule has 0 spiro atoms. The smallest absolute Gasteiger partial charge is 0.351 e. The van der Waals surface area contributed by atoms with Crippen LogP contribution >= 0.6 is 0 Å². The van der Waals surface area contributed by atoms with Gasteiger partial charge in [0.2, 0.25) is 11.9 Å². The Kier molecular flexibility index (Phi) is 4.85. The number of anilines is 2. The molecule has 8 heteroatoms. The normalized spacial score (nSPS) is 10.4. The zero-order valence-corrected chi connectivity index (χ0v) is 9.92. The number of hydrogen-bond acceptors (Lipinski definition) is 7. The van der Waals surface area contributed by atoms with Gasteiger partial charge in [-0.2, -0.15) is 9.97 Å². The number of aliphatic hydroxyl groups is 2. The highest BCUT2D eigenvalue weighted by Crippen LogP contribution is 2.06. The summed E-state index contributed by atoms with van der Waals surface area (Å²) in [6, 6.07) is 0. The Hall–Kier alpha value is -1.67. The van der Waals surface area contributed by atoms with Gasteiger partial charge < -0.3 is 20.0 Å². The molecule has 1 aromatic heterocycles. The van der Waals surface area contributed by atoms with Gasteiger partial charge in [0.1, 0.15) is 0 Å². The second-order valence-corrected chi connectivity index (χ2v) is 3.57. The number of rotatable bonds is 6. The fourth-order valence-electron chi connectivity index (χ4n) is 1.22. The maximum atomic E-state index is 11.3. The fraction of sp³-hybridized carbons (Fsp3) is 0.667. The average Bonchev–Trinajstić information content (AvgIpc) is 2.29. The van der Waals surface area contributed by atoms with Crippen molar-refractivity contribution in [2.45, 2.75) is 0 Å². The second-order valence-electron chi connectivity index (χ2n) is 3.57. The molecule has 0 unspecified atom stereocenters. The van der Waals surface area contributed by atoms with Crippen LogP contribution < -0.4 is 15.5 Å². The lowest BCUT2D eigenvalue weighted by atomic mass is 10.6. The zero-order valence-electron chi connectivity index (χ0n) is 9.92. The molecule has 1 rings (SSSR count). The number of hydrogen-bond donors (Lipinski definition) is 3. The maximum Gasteiger partial charge on any atom is 0.351 e. The minimum absolute atomic E-state index is 0.0374. The van der Waals surface area contributed by atoms with Gasteiger partial charge in [0.05, 0.1) is 13.2 Å². The van der Waals surface area contributed by atoms with Gasteiger partial charge in [0, 0.05) is 27.2 Å². The summed E-state index contributed by atoms with van der Waals surface area (Å²) in [6.07, 6.45) is 0. The molecule has 0 aliphatic carbocycles. The fourth-order valence-corrected chi connectivity index (χ4v) is 1.22. The highest BCUT2D eigenvalue weighted by Gasteiger charge is 2.10. The summed E-state index contributed by atoms with van der Waals surface area (Å²) in [5.74, 6) is 0.571. The van der Waals surface area contributed by atoms with E-state index in [1.54, 1.807) is 23.9 Å². The SMILES string of the molecule is CN(CCO)c1nc(N(C)CCO)[nH]c(=O)n1. The van der Waals surface area contributed by atoms with Crippen molar-refractivity contribution < 1.29 is 10.2 Å². The molecule has 3 N–H and O–H groups in total. The predicted octanol–water partition coefficient (Wildman–Crippen LogP) is -1.98. The summed E-state index contributed by atoms with van der Waals surface area (Å²) in [4.78, 5) is 24.8. The first-order valence-electron chi connectivity index (χ1n) is 5.21. The lowest BCUT2D eigenvalue weighted by Crippen LogP contribution is -2.31. The molecule has 0 radical (unpaired) electrons. The lowest BCUT2D eigenvalue weighted by Gasteiger charge is -2.19. The minimum Gasteiger partial charge on any atom is -0.395 e. The van der Waals surface area contributed by atoms with Crippen molar-refractivity contribution in [2.75, 3.05) is 50.2 Å². The van der Waals surface area contributed by atoms with Gasteiger partial charge >= 0.3 is 5.69 Å². The Morgan fingerprint density at radius 3 is 2.29 bits per heavy atom. The van der Waals surface area contributed by atoms with Crippen LogP contribution in [0.25, 0.3) is 0 Å². The van der Waals surface area contributed by atoms with Crippen LogP contribution in [0.5, 0.6) is 0 Å². The number of aromatic nitrogens is 3. The highest BCUT2D eigenvalue weighted by molar-refractivity contribution is 5.36. The van der Waals surface area contributed by atoms with Gasteiger partial charge in [0.25, 0.3) is 0 Å². The lowest BCUT2D eigenvalue weighted by molar-refractivity contribution is 0.303. The monoisotopic (exact) mass is 243 g/mol. The van der Waals surface area contributed by atoms with Crippen LogP contribution in [-0.4, -0.2) is 65.6 Å². The van der Waals surface area contributed by atoms with E-state index in [-0.39, 0.29) is 19.2 Å². The largest absolute Gasteiger partial charge is 0.395 e. The number of nitrogens with zero attached hydrogens (tertiary/aromatic N) is 4. The van der Waals surface area contributed by atoms with Gasteiger partial charge in [-0.05, 0) is 0 Å². The van der Waals surface area contributed by atoms with Crippen molar-refractivity contribution in [3.63, 3.8) is 0 Å². The molecule has 0 aliphatic rings. The Labute approximate surface area is 98.5 Å². The molecule has 0 bridgehead atoms. The van der Waals surface area contributed by atoms with Crippen LogP contribution in [-0.2, 0) is 0 Å². The number of nitrogens with one attached hydrogen (secondary N) is 1. The summed E-state index contributed by atoms with van der Waals surface area (Å²) in [7, 11) is 3.38. The van der Waals surface area contributed by atoms with Gasteiger partial charge in [-0.25, -0.2) is 4.79 Å². The third-order valence-corrected chi connectivity index (χ3v) is 2.20. The van der Waals surface area contributed by atoms with Crippen molar-refractivity contribution in [3.8, 4) is 0 Å². The standard InChI is InChI=1S/C9H17N5O3/c1-13(3-5-15)7-10-8(12-9(17)11-7)14(2)4-6-16/h15-16H,3-6H2,1-2H3,(H,10,11,12,17). The summed E-state index contributed by atoms with van der Waals surface area (Å²) < 4.78 is 0. The van der Waals surface area contributed by atoms with Crippen molar-refractivity contribution in [3.05, 3.63) is 10.5 Å². The molecular formula is C9H17N5O3. The van der Waals surface area contributed by atoms with Crippen LogP contribution in [0.2, 0.25) is 0 Å². The van der Waals surface area contributed by atoms with Crippen LogP contribution in [0.3, 0.4) is 0 Å². The van der Waals surface area contributed by atoms with E-state index in [0.717, 1.165) is 0 Å². The molecule has 0 aliphatic heterocycles. The van der Waals surface area contributed by atoms with Crippen molar-refractivity contribution in [1.29, 1.82) is 0 Å². The van der Waals surface area contributed by atoms with E-state index in [9.17, 15) is 4.79 Å². The molecule has 0 saturated carbocycles. The van der Waals surface area contributed by atoms with Gasteiger partial charge in [0.15, 0.2) is 0 Å². The van der Waals surface area contributed by atoms with Gasteiger partial charge in [-0.1, -0.05) is 0 Å². The van der Waals surface area contributed by atoms with Crippen molar-refractivity contribution in [2.24, 2.45) is 0 Å². The highest BCUT2D eigenvalue weighted by atomic mass is 16.3. The Balaban J connectivity index is 2.97. The first-order chi connectivity index (χ1) is 8.08. The van der Waals surface area contributed by atoms with E-state index < -0.39 is 5.69 Å². The average molecular weight is 243 g/mol. The predicted molar refractivity (Wildman–Crippen MR) is 63.4 cm³/mol. The molecule has 8 nitrogen and oxygen atoms in total. The van der Waals surface area contributed by atoms with E-state index in [1.165, 1.54) is 0 Å². The molecule has 0 saturated heterocycles. The number of H-pyrrole nitrogens is 1. The second kappa shape index (κ2) is 6.16. The van der Waals surface area contributed by atoms with Crippen molar-refractivity contribution >= 4 is 11.9 Å². The molecule has 1 aromatic rings. The molecule has 17 heavy (non-hydrogen) atoms. The summed E-state index contributed by atoms with van der Waals surface area (Å²) >= 11 is 0. The topological polar surface area (TPSA) is 106 Å². The Morgan fingerprint density at radius 2 is 1.71 bits per heavy atom. The Bertz CT molecular complexity index is 375. The van der Waals surface area contributed by atoms with E-state index in [1.807, 2.05) is 0 Å². The van der Waals surface area contributed by atoms with E-state index in [4.69, 9.17) is 10.2 Å². The first-order valence-corrected chi connectivity index (χ1v) is 5.21. The number of aromatic amines is 1. The zero-order chi connectivity index (χ0) is 12.8. The summed E-state index contributed by atoms with van der Waals surface area (Å²) in [6.45, 7) is 0.613. The third kappa shape index (κ3) is 3.68. The maximum absolute atomic E-state index is 11.3. The van der Waals surface area contributed by atoms with Gasteiger partial charge in [-0.3, -0.25) is 4.98 Å². The molecule has 96 valence electrons. The molecule has 0 fully saturated rings. The van der Waals surface area contributed by atoms with Crippen LogP contribution in [0.15, 0.2) is 4.79 Å². The summed E-state index contributed by atoms with van der Waals surface area (Å²) in [5, 5.41) is 17.6. The summed E-state index contributed by atoms with van der Waals surface area (Å²) in [5.41, 5.74) is -0.514. The molecule has 0 amide bonds. The van der Waals surface area contributed by atoms with Crippen LogP contribution in [0.1, 0.15) is 0 Å². The molecule has 1 heterocycles. The van der Waals surface area contributed by atoms with E-state index in [0.29, 0.717) is 19.0 Å². The third-order valence-electron chi connectivity index (χ3n) is 2.20. The van der Waals surface area contributed by atoms with Gasteiger partial charge in [-0.15, -0.1) is 0 Å². The number of aliphatic hydroxyl groups excluding tert-OH is 2. The van der Waals surface area contributed by atoms with Crippen LogP contribution in [0, 0.1) is 0 Å². The molecule has 0 atom stereocenters. The van der Waals surface area contributed by atoms with E-state index in [2.05, 4.69) is 15.0 Å². The minimum atomic E-state index is -0.514. The number of likely N-dealkylation sites (N-methyl/N-ethyl adjacent to an activating group) is 2. The van der Waals surface area contributed by atoms with E-state index >= 15 is 0 Å². The Morgan fingerprint density at radius 1 is 1.12 bits per heavy atom. The quantitative estimate of drug-likeness (QED) is 0.531. The van der Waals surface area contributed by atoms with Crippen LogP contribution in [0.4, 0.5) is 11.9 Å². The van der Waals surface area contributed by atoms with Crippen molar-refractivity contribution in [1.82, 2.24) is 15.0 Å². The molecule has 0 aromatic carbocycles. The first kappa shape index (κ1) is 13.4. The molecular weight excluding hydrogens is 226 g/mol.